The third-order valence-electron chi connectivity index (χ3n) is 4.55. The number of ether oxygens (including phenoxy) is 1. The lowest BCUT2D eigenvalue weighted by Crippen LogP contribution is -2.76. The van der Waals surface area contributed by atoms with E-state index in [4.69, 9.17) is 10.5 Å². The summed E-state index contributed by atoms with van der Waals surface area (Å²) in [5, 5.41) is 5.56. The van der Waals surface area contributed by atoms with Crippen LogP contribution in [0.3, 0.4) is 0 Å². The number of nitrogens with one attached hydrogen (secondary N) is 2. The third-order valence-corrected chi connectivity index (χ3v) is 4.55. The van der Waals surface area contributed by atoms with Crippen LogP contribution >= 0.6 is 0 Å². The predicted molar refractivity (Wildman–Crippen MR) is 70.3 cm³/mol. The second kappa shape index (κ2) is 4.76. The topological polar surface area (TPSA) is 93.4 Å². The zero-order chi connectivity index (χ0) is 14.3. The number of carbonyl (C=O) groups is 2. The van der Waals surface area contributed by atoms with Crippen LogP contribution in [-0.4, -0.2) is 42.7 Å². The van der Waals surface area contributed by atoms with Crippen LogP contribution in [0.15, 0.2) is 0 Å². The number of rotatable bonds is 4. The second-order valence-electron chi connectivity index (χ2n) is 6.02. The lowest BCUT2D eigenvalue weighted by atomic mass is 9.54. The summed E-state index contributed by atoms with van der Waals surface area (Å²) < 4.78 is 5.60. The van der Waals surface area contributed by atoms with Crippen LogP contribution in [0.5, 0.6) is 0 Å². The van der Waals surface area contributed by atoms with E-state index in [0.29, 0.717) is 26.0 Å². The number of carbonyl (C=O) groups excluding carboxylic acids is 2. The fourth-order valence-electron chi connectivity index (χ4n) is 2.84. The molecule has 2 amide bonds. The fourth-order valence-corrected chi connectivity index (χ4v) is 2.84. The zero-order valence-corrected chi connectivity index (χ0v) is 11.8. The lowest BCUT2D eigenvalue weighted by molar-refractivity contribution is -0.171. The molecular formula is C13H23N3O3. The van der Waals surface area contributed by atoms with Gasteiger partial charge >= 0.3 is 0 Å². The van der Waals surface area contributed by atoms with E-state index in [1.807, 2.05) is 20.8 Å². The van der Waals surface area contributed by atoms with Gasteiger partial charge in [-0.05, 0) is 6.92 Å². The standard InChI is InChI=1S/C13H23N3O3/c1-4-19-9-6-13(14,12(9,2)3)11(18)16-8-5-10(17)15-7-8/h8-9H,4-7,14H2,1-3H3,(H,15,17)(H,16,18). The predicted octanol–water partition coefficient (Wildman–Crippen LogP) is -0.476. The molecule has 6 nitrogen and oxygen atoms in total. The Kier molecular flexibility index (Phi) is 3.57. The molecule has 0 aromatic carbocycles. The number of hydrogen-bond donors (Lipinski definition) is 3. The summed E-state index contributed by atoms with van der Waals surface area (Å²) in [6, 6.07) is -0.151. The average molecular weight is 269 g/mol. The molecule has 1 saturated carbocycles. The zero-order valence-electron chi connectivity index (χ0n) is 11.8. The van der Waals surface area contributed by atoms with E-state index in [2.05, 4.69) is 10.6 Å². The van der Waals surface area contributed by atoms with Gasteiger partial charge in [-0.3, -0.25) is 9.59 Å². The van der Waals surface area contributed by atoms with Crippen molar-refractivity contribution in [1.29, 1.82) is 0 Å². The van der Waals surface area contributed by atoms with Gasteiger partial charge in [0.15, 0.2) is 0 Å². The molecule has 3 atom stereocenters. The van der Waals surface area contributed by atoms with Crippen molar-refractivity contribution < 1.29 is 14.3 Å². The van der Waals surface area contributed by atoms with E-state index in [0.717, 1.165) is 0 Å². The minimum atomic E-state index is -0.918. The highest BCUT2D eigenvalue weighted by molar-refractivity contribution is 5.90. The van der Waals surface area contributed by atoms with E-state index in [-0.39, 0.29) is 24.0 Å². The van der Waals surface area contributed by atoms with Crippen molar-refractivity contribution in [1.82, 2.24) is 10.6 Å². The molecule has 2 fully saturated rings. The quantitative estimate of drug-likeness (QED) is 0.643. The van der Waals surface area contributed by atoms with Crippen molar-refractivity contribution in [2.45, 2.75) is 51.3 Å². The van der Waals surface area contributed by atoms with Crippen LogP contribution in [0, 0.1) is 5.41 Å². The van der Waals surface area contributed by atoms with Crippen LogP contribution in [0.2, 0.25) is 0 Å². The van der Waals surface area contributed by atoms with Crippen molar-refractivity contribution in [3.05, 3.63) is 0 Å². The van der Waals surface area contributed by atoms with Crippen LogP contribution in [0.25, 0.3) is 0 Å². The Bertz CT molecular complexity index is 397. The third kappa shape index (κ3) is 2.23. The average Bonchev–Trinajstić information content (AvgIpc) is 2.74. The minimum Gasteiger partial charge on any atom is -0.378 e. The van der Waals surface area contributed by atoms with Gasteiger partial charge in [0.1, 0.15) is 5.54 Å². The number of hydrogen-bond acceptors (Lipinski definition) is 4. The first-order valence-electron chi connectivity index (χ1n) is 6.79. The van der Waals surface area contributed by atoms with Crippen molar-refractivity contribution in [3.63, 3.8) is 0 Å². The Morgan fingerprint density at radius 3 is 2.74 bits per heavy atom. The molecule has 6 heteroatoms. The maximum atomic E-state index is 12.3. The molecule has 1 saturated heterocycles. The van der Waals surface area contributed by atoms with Gasteiger partial charge < -0.3 is 21.1 Å². The van der Waals surface area contributed by atoms with E-state index in [1.165, 1.54) is 0 Å². The summed E-state index contributed by atoms with van der Waals surface area (Å²) in [5.41, 5.74) is 4.94. The highest BCUT2D eigenvalue weighted by atomic mass is 16.5. The first-order chi connectivity index (χ1) is 8.81. The smallest absolute Gasteiger partial charge is 0.241 e. The molecule has 1 aliphatic heterocycles. The minimum absolute atomic E-state index is 0.0107. The van der Waals surface area contributed by atoms with Gasteiger partial charge in [0.2, 0.25) is 11.8 Å². The van der Waals surface area contributed by atoms with Gasteiger partial charge in [0.25, 0.3) is 0 Å². The van der Waals surface area contributed by atoms with E-state index in [9.17, 15) is 9.59 Å². The van der Waals surface area contributed by atoms with Crippen molar-refractivity contribution in [2.75, 3.05) is 13.2 Å². The van der Waals surface area contributed by atoms with Crippen LogP contribution in [0.1, 0.15) is 33.6 Å². The first-order valence-corrected chi connectivity index (χ1v) is 6.79. The Balaban J connectivity index is 1.97. The van der Waals surface area contributed by atoms with E-state index >= 15 is 0 Å². The summed E-state index contributed by atoms with van der Waals surface area (Å²) in [6.45, 7) is 6.94. The number of amides is 2. The van der Waals surface area contributed by atoms with E-state index in [1.54, 1.807) is 0 Å². The molecule has 0 aromatic rings. The molecule has 0 radical (unpaired) electrons. The Morgan fingerprint density at radius 1 is 1.58 bits per heavy atom. The van der Waals surface area contributed by atoms with Crippen molar-refractivity contribution in [3.8, 4) is 0 Å². The largest absolute Gasteiger partial charge is 0.378 e. The molecule has 1 aliphatic carbocycles. The van der Waals surface area contributed by atoms with Crippen LogP contribution in [0.4, 0.5) is 0 Å². The van der Waals surface area contributed by atoms with Gasteiger partial charge in [-0.25, -0.2) is 0 Å². The van der Waals surface area contributed by atoms with Crippen LogP contribution in [-0.2, 0) is 14.3 Å². The molecule has 0 bridgehead atoms. The molecule has 0 aromatic heterocycles. The summed E-state index contributed by atoms with van der Waals surface area (Å²) in [4.78, 5) is 23.5. The second-order valence-corrected chi connectivity index (χ2v) is 6.02. The SMILES string of the molecule is CCOC1CC(N)(C(=O)NC2CNC(=O)C2)C1(C)C. The normalized spacial score (nSPS) is 36.5. The van der Waals surface area contributed by atoms with Gasteiger partial charge in [-0.1, -0.05) is 13.8 Å². The molecule has 108 valence electrons. The van der Waals surface area contributed by atoms with Crippen molar-refractivity contribution >= 4 is 11.8 Å². The summed E-state index contributed by atoms with van der Waals surface area (Å²) in [6.07, 6.45) is 0.863. The molecule has 0 spiro atoms. The number of nitrogens with two attached hydrogens (primary N) is 1. The Hall–Kier alpha value is -1.14. The van der Waals surface area contributed by atoms with Gasteiger partial charge in [-0.15, -0.1) is 0 Å². The van der Waals surface area contributed by atoms with Gasteiger partial charge in [-0.2, -0.15) is 0 Å². The van der Waals surface area contributed by atoms with Gasteiger partial charge in [0, 0.05) is 31.4 Å². The Morgan fingerprint density at radius 2 is 2.26 bits per heavy atom. The Labute approximate surface area is 113 Å². The maximum absolute atomic E-state index is 12.3. The molecule has 4 N–H and O–H groups in total. The van der Waals surface area contributed by atoms with Gasteiger partial charge in [0.05, 0.1) is 12.1 Å². The molecule has 19 heavy (non-hydrogen) atoms. The molecule has 2 rings (SSSR count). The maximum Gasteiger partial charge on any atom is 0.241 e. The molecular weight excluding hydrogens is 246 g/mol. The summed E-state index contributed by atoms with van der Waals surface area (Å²) in [5.74, 6) is -0.216. The van der Waals surface area contributed by atoms with Crippen LogP contribution < -0.4 is 16.4 Å². The lowest BCUT2D eigenvalue weighted by Gasteiger charge is -2.57. The highest BCUT2D eigenvalue weighted by Gasteiger charge is 2.63. The fraction of sp³-hybridized carbons (Fsp3) is 0.846. The molecule has 3 unspecified atom stereocenters. The summed E-state index contributed by atoms with van der Waals surface area (Å²) >= 11 is 0. The van der Waals surface area contributed by atoms with E-state index < -0.39 is 11.0 Å². The summed E-state index contributed by atoms with van der Waals surface area (Å²) in [7, 11) is 0. The first kappa shape index (κ1) is 14.3. The molecule has 2 aliphatic rings. The molecule has 1 heterocycles. The highest BCUT2D eigenvalue weighted by Crippen LogP contribution is 2.49. The van der Waals surface area contributed by atoms with Crippen molar-refractivity contribution in [2.24, 2.45) is 11.1 Å². The monoisotopic (exact) mass is 269 g/mol.